The first-order chi connectivity index (χ1) is 7.78. The molecule has 0 fully saturated rings. The Hall–Kier alpha value is -0.740. The van der Waals surface area contributed by atoms with Gasteiger partial charge in [-0.05, 0) is 17.7 Å². The van der Waals surface area contributed by atoms with Gasteiger partial charge in [-0.2, -0.15) is 13.2 Å². The molecule has 0 saturated carbocycles. The summed E-state index contributed by atoms with van der Waals surface area (Å²) in [7, 11) is 0. The highest BCUT2D eigenvalue weighted by atomic mass is 35.5. The highest BCUT2D eigenvalue weighted by Gasteiger charge is 2.27. The van der Waals surface area contributed by atoms with Crippen molar-refractivity contribution < 1.29 is 18.0 Å². The van der Waals surface area contributed by atoms with Crippen LogP contribution in [0.1, 0.15) is 18.4 Å². The maximum Gasteiger partial charge on any atom is 0.389 e. The third kappa shape index (κ3) is 5.41. The highest BCUT2D eigenvalue weighted by molar-refractivity contribution is 6.42. The molecule has 0 unspecified atom stereocenters. The summed E-state index contributed by atoms with van der Waals surface area (Å²) < 4.78 is 35.6. The fourth-order valence-corrected chi connectivity index (χ4v) is 1.57. The summed E-state index contributed by atoms with van der Waals surface area (Å²) in [5.41, 5.74) is 0.562. The van der Waals surface area contributed by atoms with Gasteiger partial charge in [0.1, 0.15) is 5.78 Å². The molecule has 6 heteroatoms. The number of carbonyl (C=O) groups is 1. The van der Waals surface area contributed by atoms with Gasteiger partial charge in [0.25, 0.3) is 0 Å². The van der Waals surface area contributed by atoms with Crippen molar-refractivity contribution in [1.29, 1.82) is 0 Å². The highest BCUT2D eigenvalue weighted by Crippen LogP contribution is 2.24. The van der Waals surface area contributed by atoms with Crippen molar-refractivity contribution in [1.82, 2.24) is 0 Å². The van der Waals surface area contributed by atoms with E-state index in [-0.39, 0.29) is 11.4 Å². The lowest BCUT2D eigenvalue weighted by Crippen LogP contribution is -2.12. The van der Waals surface area contributed by atoms with Gasteiger partial charge in [-0.3, -0.25) is 4.79 Å². The molecule has 0 aliphatic rings. The third-order valence-electron chi connectivity index (χ3n) is 2.07. The first-order valence-corrected chi connectivity index (χ1v) is 5.56. The Morgan fingerprint density at radius 1 is 1.18 bits per heavy atom. The van der Waals surface area contributed by atoms with E-state index in [0.29, 0.717) is 10.6 Å². The second kappa shape index (κ2) is 5.74. The summed E-state index contributed by atoms with van der Waals surface area (Å²) >= 11 is 11.4. The molecule has 0 saturated heterocycles. The number of ketones is 1. The van der Waals surface area contributed by atoms with Gasteiger partial charge in [0.2, 0.25) is 0 Å². The van der Waals surface area contributed by atoms with Gasteiger partial charge in [0.15, 0.2) is 0 Å². The first-order valence-electron chi connectivity index (χ1n) is 4.80. The van der Waals surface area contributed by atoms with Gasteiger partial charge in [0, 0.05) is 12.8 Å². The fraction of sp³-hybridized carbons (Fsp3) is 0.364. The topological polar surface area (TPSA) is 17.1 Å². The molecule has 0 spiro atoms. The van der Waals surface area contributed by atoms with Crippen molar-refractivity contribution >= 4 is 29.0 Å². The minimum atomic E-state index is -4.30. The van der Waals surface area contributed by atoms with Crippen molar-refractivity contribution in [2.45, 2.75) is 25.4 Å². The number of hydrogen-bond donors (Lipinski definition) is 0. The molecule has 0 radical (unpaired) electrons. The van der Waals surface area contributed by atoms with Gasteiger partial charge in [-0.25, -0.2) is 0 Å². The molecule has 0 N–H and O–H groups in total. The van der Waals surface area contributed by atoms with E-state index in [2.05, 4.69) is 0 Å². The molecule has 0 aromatic heterocycles. The number of halogens is 5. The van der Waals surface area contributed by atoms with Crippen molar-refractivity contribution in [3.05, 3.63) is 33.8 Å². The predicted octanol–water partition coefficient (Wildman–Crippen LogP) is 4.45. The summed E-state index contributed by atoms with van der Waals surface area (Å²) in [6, 6.07) is 4.56. The molecule has 94 valence electrons. The largest absolute Gasteiger partial charge is 0.389 e. The predicted molar refractivity (Wildman–Crippen MR) is 60.5 cm³/mol. The van der Waals surface area contributed by atoms with Crippen LogP contribution in [0.3, 0.4) is 0 Å². The summed E-state index contributed by atoms with van der Waals surface area (Å²) in [4.78, 5) is 11.3. The fourth-order valence-electron chi connectivity index (χ4n) is 1.25. The zero-order chi connectivity index (χ0) is 13.1. The van der Waals surface area contributed by atoms with Crippen LogP contribution in [0.4, 0.5) is 13.2 Å². The van der Waals surface area contributed by atoms with Crippen molar-refractivity contribution in [2.24, 2.45) is 0 Å². The van der Waals surface area contributed by atoms with Crippen LogP contribution in [0, 0.1) is 0 Å². The number of hydrogen-bond acceptors (Lipinski definition) is 1. The van der Waals surface area contributed by atoms with Crippen LogP contribution in [-0.2, 0) is 11.2 Å². The quantitative estimate of drug-likeness (QED) is 0.798. The summed E-state index contributed by atoms with van der Waals surface area (Å²) in [5.74, 6) is -0.472. The molecular formula is C11H9Cl2F3O. The first kappa shape index (κ1) is 14.3. The normalized spacial score (nSPS) is 11.6. The number of alkyl halides is 3. The van der Waals surface area contributed by atoms with Crippen LogP contribution in [0.5, 0.6) is 0 Å². The Balaban J connectivity index is 2.54. The maximum absolute atomic E-state index is 11.9. The number of carbonyl (C=O) groups excluding carboxylic acids is 1. The monoisotopic (exact) mass is 284 g/mol. The lowest BCUT2D eigenvalue weighted by Gasteiger charge is -2.06. The molecule has 0 aliphatic carbocycles. The molecule has 0 amide bonds. The van der Waals surface area contributed by atoms with E-state index in [9.17, 15) is 18.0 Å². The molecule has 1 rings (SSSR count). The number of benzene rings is 1. The second-order valence-electron chi connectivity index (χ2n) is 3.58. The van der Waals surface area contributed by atoms with E-state index in [0.717, 1.165) is 0 Å². The SMILES string of the molecule is O=C(CCC(F)(F)F)Cc1ccc(Cl)c(Cl)c1. The lowest BCUT2D eigenvalue weighted by molar-refractivity contribution is -0.143. The van der Waals surface area contributed by atoms with E-state index < -0.39 is 24.8 Å². The van der Waals surface area contributed by atoms with E-state index >= 15 is 0 Å². The Morgan fingerprint density at radius 2 is 1.82 bits per heavy atom. The second-order valence-corrected chi connectivity index (χ2v) is 4.39. The minimum absolute atomic E-state index is 0.0625. The molecule has 17 heavy (non-hydrogen) atoms. The zero-order valence-electron chi connectivity index (χ0n) is 8.65. The molecule has 1 aromatic rings. The Bertz CT molecular complexity index is 416. The molecule has 1 aromatic carbocycles. The molecule has 1 nitrogen and oxygen atoms in total. The third-order valence-corrected chi connectivity index (χ3v) is 2.81. The van der Waals surface area contributed by atoms with Gasteiger partial charge in [-0.1, -0.05) is 29.3 Å². The number of rotatable bonds is 4. The van der Waals surface area contributed by atoms with E-state index in [4.69, 9.17) is 23.2 Å². The minimum Gasteiger partial charge on any atom is -0.299 e. The summed E-state index contributed by atoms with van der Waals surface area (Å²) in [5, 5.41) is 0.631. The maximum atomic E-state index is 11.9. The summed E-state index contributed by atoms with van der Waals surface area (Å²) in [6.07, 6.45) is -5.96. The molecule has 0 atom stereocenters. The summed E-state index contributed by atoms with van der Waals surface area (Å²) in [6.45, 7) is 0. The van der Waals surface area contributed by atoms with Crippen molar-refractivity contribution in [3.63, 3.8) is 0 Å². The number of Topliss-reactive ketones (excluding diaryl/α,β-unsaturated/α-hetero) is 1. The molecule has 0 bridgehead atoms. The van der Waals surface area contributed by atoms with Crippen LogP contribution >= 0.6 is 23.2 Å². The average Bonchev–Trinajstić information content (AvgIpc) is 2.20. The zero-order valence-corrected chi connectivity index (χ0v) is 10.2. The van der Waals surface area contributed by atoms with E-state index in [1.165, 1.54) is 12.1 Å². The lowest BCUT2D eigenvalue weighted by atomic mass is 10.1. The molecule has 0 heterocycles. The van der Waals surface area contributed by atoms with E-state index in [1.807, 2.05) is 0 Å². The Morgan fingerprint density at radius 3 is 2.35 bits per heavy atom. The average molecular weight is 285 g/mol. The Labute approximate surface area is 107 Å². The van der Waals surface area contributed by atoms with E-state index in [1.54, 1.807) is 6.07 Å². The van der Waals surface area contributed by atoms with Crippen molar-refractivity contribution in [2.75, 3.05) is 0 Å². The Kier molecular flexibility index (Phi) is 4.83. The van der Waals surface area contributed by atoms with Crippen LogP contribution in [0.25, 0.3) is 0 Å². The van der Waals surface area contributed by atoms with Gasteiger partial charge in [0.05, 0.1) is 16.5 Å². The van der Waals surface area contributed by atoms with Crippen molar-refractivity contribution in [3.8, 4) is 0 Å². The van der Waals surface area contributed by atoms with Crippen LogP contribution in [-0.4, -0.2) is 12.0 Å². The van der Waals surface area contributed by atoms with Crippen LogP contribution < -0.4 is 0 Å². The van der Waals surface area contributed by atoms with Gasteiger partial charge < -0.3 is 0 Å². The standard InChI is InChI=1S/C11H9Cl2F3O/c12-9-2-1-7(6-10(9)13)5-8(17)3-4-11(14,15)16/h1-2,6H,3-5H2. The smallest absolute Gasteiger partial charge is 0.299 e. The van der Waals surface area contributed by atoms with Gasteiger partial charge >= 0.3 is 6.18 Å². The van der Waals surface area contributed by atoms with Crippen LogP contribution in [0.2, 0.25) is 10.0 Å². The molecular weight excluding hydrogens is 276 g/mol. The molecule has 0 aliphatic heterocycles. The van der Waals surface area contributed by atoms with Crippen LogP contribution in [0.15, 0.2) is 18.2 Å². The van der Waals surface area contributed by atoms with Gasteiger partial charge in [-0.15, -0.1) is 0 Å².